The number of aliphatic hydroxyl groups excluding tert-OH is 1. The number of rotatable bonds is 6. The lowest BCUT2D eigenvalue weighted by Gasteiger charge is -2.42. The number of hydrogen-bond donors (Lipinski definition) is 1. The standard InChI is InChI=1S/C28H36N4O3/c1-28(2)19-32(18-24(34)17-30-10-9-21-5-3-4-6-22(21)16-30)27(35)25-8-7-23(15-26(25)28)31-13-11-29(20-33)12-14-31/h3-8,15,20,24,34H,9-14,16-19H2,1-2H3. The fourth-order valence-corrected chi connectivity index (χ4v) is 5.83. The van der Waals surface area contributed by atoms with Gasteiger partial charge in [-0.3, -0.25) is 14.5 Å². The van der Waals surface area contributed by atoms with Crippen LogP contribution in [0.2, 0.25) is 0 Å². The normalized spacial score (nSPS) is 20.9. The largest absolute Gasteiger partial charge is 0.390 e. The van der Waals surface area contributed by atoms with Gasteiger partial charge in [0.2, 0.25) is 6.41 Å². The van der Waals surface area contributed by atoms with Gasteiger partial charge in [-0.05, 0) is 41.3 Å². The first-order valence-corrected chi connectivity index (χ1v) is 12.7. The maximum absolute atomic E-state index is 13.4. The lowest BCUT2D eigenvalue weighted by atomic mass is 9.77. The summed E-state index contributed by atoms with van der Waals surface area (Å²) in [7, 11) is 0. The topological polar surface area (TPSA) is 67.3 Å². The van der Waals surface area contributed by atoms with E-state index in [0.717, 1.165) is 68.9 Å². The number of β-amino-alcohol motifs (C(OH)–C–C–N with tert-alkyl or cyclic N) is 1. The molecule has 0 aromatic heterocycles. The summed E-state index contributed by atoms with van der Waals surface area (Å²) in [6.07, 6.45) is 1.33. The van der Waals surface area contributed by atoms with E-state index in [1.807, 2.05) is 17.0 Å². The van der Waals surface area contributed by atoms with Crippen LogP contribution in [0, 0.1) is 0 Å². The van der Waals surface area contributed by atoms with Gasteiger partial charge in [0.1, 0.15) is 0 Å². The molecule has 1 saturated heterocycles. The maximum Gasteiger partial charge on any atom is 0.254 e. The van der Waals surface area contributed by atoms with Crippen molar-refractivity contribution in [2.24, 2.45) is 0 Å². The molecule has 3 aliphatic rings. The summed E-state index contributed by atoms with van der Waals surface area (Å²) in [5.74, 6) is -0.000288. The van der Waals surface area contributed by atoms with Crippen LogP contribution in [0.25, 0.3) is 0 Å². The van der Waals surface area contributed by atoms with Gasteiger partial charge in [-0.1, -0.05) is 38.1 Å². The maximum atomic E-state index is 13.4. The Morgan fingerprint density at radius 1 is 1.00 bits per heavy atom. The van der Waals surface area contributed by atoms with Crippen molar-refractivity contribution < 1.29 is 14.7 Å². The van der Waals surface area contributed by atoms with Crippen LogP contribution in [0.3, 0.4) is 0 Å². The molecule has 186 valence electrons. The molecule has 0 saturated carbocycles. The molecular weight excluding hydrogens is 440 g/mol. The molecule has 5 rings (SSSR count). The Morgan fingerprint density at radius 3 is 2.49 bits per heavy atom. The van der Waals surface area contributed by atoms with E-state index in [-0.39, 0.29) is 11.3 Å². The van der Waals surface area contributed by atoms with Gasteiger partial charge in [0.05, 0.1) is 6.10 Å². The zero-order valence-electron chi connectivity index (χ0n) is 20.8. The smallest absolute Gasteiger partial charge is 0.254 e. The summed E-state index contributed by atoms with van der Waals surface area (Å²) in [6, 6.07) is 14.6. The lowest BCUT2D eigenvalue weighted by molar-refractivity contribution is -0.118. The van der Waals surface area contributed by atoms with Crippen molar-refractivity contribution in [2.45, 2.75) is 38.3 Å². The van der Waals surface area contributed by atoms with E-state index in [9.17, 15) is 14.7 Å². The molecule has 0 aliphatic carbocycles. The molecule has 0 spiro atoms. The molecule has 1 unspecified atom stereocenters. The SMILES string of the molecule is CC1(C)CN(CC(O)CN2CCc3ccccc3C2)C(=O)c2ccc(N3CCN(C=O)CC3)cc21. The lowest BCUT2D eigenvalue weighted by Crippen LogP contribution is -2.51. The molecule has 3 heterocycles. The number of benzene rings is 2. The van der Waals surface area contributed by atoms with Crippen molar-refractivity contribution in [1.82, 2.24) is 14.7 Å². The van der Waals surface area contributed by atoms with Gasteiger partial charge in [-0.2, -0.15) is 0 Å². The summed E-state index contributed by atoms with van der Waals surface area (Å²) < 4.78 is 0. The van der Waals surface area contributed by atoms with Crippen LogP contribution in [0.15, 0.2) is 42.5 Å². The second-order valence-corrected chi connectivity index (χ2v) is 10.8. The Hall–Kier alpha value is -2.90. The summed E-state index contributed by atoms with van der Waals surface area (Å²) in [5.41, 5.74) is 5.42. The minimum absolute atomic E-state index is 0.000288. The Labute approximate surface area is 207 Å². The fraction of sp³-hybridized carbons (Fsp3) is 0.500. The number of nitrogens with zero attached hydrogens (tertiary/aromatic N) is 4. The second-order valence-electron chi connectivity index (χ2n) is 10.8. The van der Waals surface area contributed by atoms with Crippen LogP contribution in [0.1, 0.15) is 40.9 Å². The first kappa shape index (κ1) is 23.8. The minimum Gasteiger partial charge on any atom is -0.390 e. The van der Waals surface area contributed by atoms with Crippen LogP contribution in [0.5, 0.6) is 0 Å². The summed E-state index contributed by atoms with van der Waals surface area (Å²) >= 11 is 0. The molecule has 2 amide bonds. The fourth-order valence-electron chi connectivity index (χ4n) is 5.83. The number of carbonyl (C=O) groups excluding carboxylic acids is 2. The van der Waals surface area contributed by atoms with Gasteiger partial charge in [0.15, 0.2) is 0 Å². The van der Waals surface area contributed by atoms with Crippen molar-refractivity contribution in [2.75, 3.05) is 57.3 Å². The molecule has 7 nitrogen and oxygen atoms in total. The Kier molecular flexibility index (Phi) is 6.55. The van der Waals surface area contributed by atoms with E-state index >= 15 is 0 Å². The van der Waals surface area contributed by atoms with E-state index in [0.29, 0.717) is 19.6 Å². The first-order valence-electron chi connectivity index (χ1n) is 12.7. The number of anilines is 1. The van der Waals surface area contributed by atoms with Crippen LogP contribution < -0.4 is 4.90 Å². The van der Waals surface area contributed by atoms with Gasteiger partial charge in [0, 0.05) is 75.6 Å². The molecule has 0 bridgehead atoms. The Bertz CT molecular complexity index is 1090. The summed E-state index contributed by atoms with van der Waals surface area (Å²) in [6.45, 7) is 10.7. The zero-order valence-corrected chi connectivity index (χ0v) is 20.8. The van der Waals surface area contributed by atoms with Gasteiger partial charge < -0.3 is 19.8 Å². The summed E-state index contributed by atoms with van der Waals surface area (Å²) in [5, 5.41) is 10.9. The molecule has 2 aromatic carbocycles. The van der Waals surface area contributed by atoms with E-state index < -0.39 is 6.10 Å². The predicted molar refractivity (Wildman–Crippen MR) is 137 cm³/mol. The Balaban J connectivity index is 1.25. The number of fused-ring (bicyclic) bond motifs is 2. The van der Waals surface area contributed by atoms with Crippen LogP contribution >= 0.6 is 0 Å². The average molecular weight is 477 g/mol. The third-order valence-corrected chi connectivity index (χ3v) is 7.77. The quantitative estimate of drug-likeness (QED) is 0.647. The van der Waals surface area contributed by atoms with Gasteiger partial charge >= 0.3 is 0 Å². The second kappa shape index (κ2) is 9.63. The van der Waals surface area contributed by atoms with Crippen molar-refractivity contribution in [1.29, 1.82) is 0 Å². The molecule has 7 heteroatoms. The molecule has 1 N–H and O–H groups in total. The van der Waals surface area contributed by atoms with E-state index in [4.69, 9.17) is 0 Å². The van der Waals surface area contributed by atoms with E-state index in [1.165, 1.54) is 11.1 Å². The highest BCUT2D eigenvalue weighted by Crippen LogP contribution is 2.36. The molecule has 1 fully saturated rings. The first-order chi connectivity index (χ1) is 16.8. The number of amides is 2. The van der Waals surface area contributed by atoms with Gasteiger partial charge in [0.25, 0.3) is 5.91 Å². The number of carbonyl (C=O) groups is 2. The molecule has 0 radical (unpaired) electrons. The third kappa shape index (κ3) is 4.93. The van der Waals surface area contributed by atoms with Crippen LogP contribution in [-0.2, 0) is 23.2 Å². The average Bonchev–Trinajstić information content (AvgIpc) is 2.86. The highest BCUT2D eigenvalue weighted by Gasteiger charge is 2.38. The van der Waals surface area contributed by atoms with Gasteiger partial charge in [-0.15, -0.1) is 0 Å². The van der Waals surface area contributed by atoms with Crippen molar-refractivity contribution in [3.05, 3.63) is 64.7 Å². The Morgan fingerprint density at radius 2 is 1.74 bits per heavy atom. The highest BCUT2D eigenvalue weighted by atomic mass is 16.3. The molecule has 3 aliphatic heterocycles. The molecule has 1 atom stereocenters. The van der Waals surface area contributed by atoms with E-state index in [2.05, 4.69) is 54.0 Å². The third-order valence-electron chi connectivity index (χ3n) is 7.77. The zero-order chi connectivity index (χ0) is 24.6. The minimum atomic E-state index is -0.588. The van der Waals surface area contributed by atoms with E-state index in [1.54, 1.807) is 4.90 Å². The van der Waals surface area contributed by atoms with Crippen LogP contribution in [0.4, 0.5) is 5.69 Å². The summed E-state index contributed by atoms with van der Waals surface area (Å²) in [4.78, 5) is 32.6. The molecule has 2 aromatic rings. The van der Waals surface area contributed by atoms with Gasteiger partial charge in [-0.25, -0.2) is 0 Å². The predicted octanol–water partition coefficient (Wildman–Crippen LogP) is 2.12. The van der Waals surface area contributed by atoms with Crippen molar-refractivity contribution in [3.63, 3.8) is 0 Å². The molecular formula is C28H36N4O3. The highest BCUT2D eigenvalue weighted by molar-refractivity contribution is 5.98. The monoisotopic (exact) mass is 476 g/mol. The van der Waals surface area contributed by atoms with Crippen LogP contribution in [-0.4, -0.2) is 90.6 Å². The van der Waals surface area contributed by atoms with Crippen molar-refractivity contribution in [3.8, 4) is 0 Å². The van der Waals surface area contributed by atoms with Crippen molar-refractivity contribution >= 4 is 18.0 Å². The molecule has 35 heavy (non-hydrogen) atoms. The number of aliphatic hydroxyl groups is 1. The number of piperazine rings is 1. The number of hydrogen-bond acceptors (Lipinski definition) is 5.